The smallest absolute Gasteiger partial charge is 0.346 e. The van der Waals surface area contributed by atoms with E-state index in [9.17, 15) is 4.53 Å². The molecular weight excluding hydrogens is 251 g/mol. The van der Waals surface area contributed by atoms with Crippen LogP contribution in [0.3, 0.4) is 0 Å². The predicted molar refractivity (Wildman–Crippen MR) is 72.3 cm³/mol. The Bertz CT molecular complexity index is 233. The van der Waals surface area contributed by atoms with Crippen molar-refractivity contribution >= 4 is 0 Å². The molecule has 1 unspecified atom stereocenters. The normalized spacial score (nSPS) is 15.8. The van der Waals surface area contributed by atoms with Gasteiger partial charge in [0.25, 0.3) is 0 Å². The molecule has 0 spiro atoms. The molecule has 116 valence electrons. The van der Waals surface area contributed by atoms with Gasteiger partial charge in [0.05, 0.1) is 12.7 Å². The summed E-state index contributed by atoms with van der Waals surface area (Å²) in [5.41, 5.74) is -1.05. The molecule has 0 aromatic rings. The van der Waals surface area contributed by atoms with Crippen molar-refractivity contribution < 1.29 is 23.7 Å². The Morgan fingerprint density at radius 2 is 1.63 bits per heavy atom. The van der Waals surface area contributed by atoms with Gasteiger partial charge >= 0.3 is 5.97 Å². The lowest BCUT2D eigenvalue weighted by molar-refractivity contribution is -0.503. The fraction of sp³-hybridized carbons (Fsp3) is 1.00. The van der Waals surface area contributed by atoms with Crippen LogP contribution in [0.4, 0.5) is 4.53 Å². The molecule has 0 saturated heterocycles. The van der Waals surface area contributed by atoms with Gasteiger partial charge in [-0.05, 0) is 45.1 Å². The van der Waals surface area contributed by atoms with Gasteiger partial charge in [0.15, 0.2) is 0 Å². The van der Waals surface area contributed by atoms with Crippen molar-refractivity contribution in [3.05, 3.63) is 0 Å². The third-order valence-electron chi connectivity index (χ3n) is 2.69. The standard InChI is InChI=1S/C14H29FO4/c1-7-9-11-17-14(19-15,18-12(3)4)13(5,6)16-10-8-2/h12H,7-11H2,1-6H3. The minimum Gasteiger partial charge on any atom is -0.367 e. The second-order valence-corrected chi connectivity index (χ2v) is 5.36. The summed E-state index contributed by atoms with van der Waals surface area (Å²) in [5.74, 6) is -1.83. The Balaban J connectivity index is 4.96. The average Bonchev–Trinajstić information content (AvgIpc) is 2.34. The van der Waals surface area contributed by atoms with Crippen molar-refractivity contribution in [1.29, 1.82) is 0 Å². The van der Waals surface area contributed by atoms with Gasteiger partial charge in [-0.2, -0.15) is 0 Å². The first-order valence-electron chi connectivity index (χ1n) is 7.10. The number of rotatable bonds is 11. The third kappa shape index (κ3) is 5.73. The van der Waals surface area contributed by atoms with Crippen molar-refractivity contribution in [3.63, 3.8) is 0 Å². The summed E-state index contributed by atoms with van der Waals surface area (Å²) in [4.78, 5) is 4.09. The third-order valence-corrected chi connectivity index (χ3v) is 2.69. The molecule has 0 heterocycles. The molecule has 4 nitrogen and oxygen atoms in total. The Labute approximate surface area is 116 Å². The molecule has 0 N–H and O–H groups in total. The maximum atomic E-state index is 13.2. The van der Waals surface area contributed by atoms with E-state index >= 15 is 0 Å². The van der Waals surface area contributed by atoms with Gasteiger partial charge in [-0.1, -0.05) is 20.3 Å². The molecule has 0 aromatic heterocycles. The van der Waals surface area contributed by atoms with E-state index in [1.54, 1.807) is 27.7 Å². The van der Waals surface area contributed by atoms with Gasteiger partial charge < -0.3 is 14.2 Å². The highest BCUT2D eigenvalue weighted by Crippen LogP contribution is 2.34. The largest absolute Gasteiger partial charge is 0.367 e. The van der Waals surface area contributed by atoms with Gasteiger partial charge in [0.2, 0.25) is 0 Å². The molecule has 5 heteroatoms. The molecule has 19 heavy (non-hydrogen) atoms. The highest BCUT2D eigenvalue weighted by atomic mass is 19.3. The Morgan fingerprint density at radius 3 is 2.05 bits per heavy atom. The quantitative estimate of drug-likeness (QED) is 0.423. The Kier molecular flexibility index (Phi) is 8.74. The van der Waals surface area contributed by atoms with Gasteiger partial charge in [-0.3, -0.25) is 0 Å². The average molecular weight is 280 g/mol. The van der Waals surface area contributed by atoms with E-state index in [2.05, 4.69) is 4.94 Å². The Morgan fingerprint density at radius 1 is 1.00 bits per heavy atom. The van der Waals surface area contributed by atoms with Gasteiger partial charge in [0, 0.05) is 6.61 Å². The van der Waals surface area contributed by atoms with E-state index in [4.69, 9.17) is 14.2 Å². The number of halogens is 1. The van der Waals surface area contributed by atoms with Crippen LogP contribution in [0.15, 0.2) is 0 Å². The molecule has 0 saturated carbocycles. The SMILES string of the molecule is CCCCOC(OF)(OC(C)C)C(C)(C)OCCC. The second-order valence-electron chi connectivity index (χ2n) is 5.36. The number of hydrogen-bond donors (Lipinski definition) is 0. The van der Waals surface area contributed by atoms with Crippen LogP contribution in [0.25, 0.3) is 0 Å². The van der Waals surface area contributed by atoms with Crippen LogP contribution in [-0.4, -0.2) is 30.9 Å². The topological polar surface area (TPSA) is 36.9 Å². The van der Waals surface area contributed by atoms with E-state index in [1.165, 1.54) is 0 Å². The minimum absolute atomic E-state index is 0.248. The first-order chi connectivity index (χ1) is 8.85. The summed E-state index contributed by atoms with van der Waals surface area (Å²) in [7, 11) is 0. The number of hydrogen-bond acceptors (Lipinski definition) is 4. The van der Waals surface area contributed by atoms with Crippen LogP contribution in [0.2, 0.25) is 0 Å². The van der Waals surface area contributed by atoms with Crippen LogP contribution < -0.4 is 0 Å². The second kappa shape index (κ2) is 8.84. The van der Waals surface area contributed by atoms with E-state index in [0.717, 1.165) is 19.3 Å². The van der Waals surface area contributed by atoms with E-state index in [0.29, 0.717) is 13.2 Å². The molecule has 0 rings (SSSR count). The van der Waals surface area contributed by atoms with E-state index < -0.39 is 11.6 Å². The summed E-state index contributed by atoms with van der Waals surface area (Å²) in [6.45, 7) is 11.9. The molecule has 0 bridgehead atoms. The fourth-order valence-corrected chi connectivity index (χ4v) is 1.59. The van der Waals surface area contributed by atoms with E-state index in [1.807, 2.05) is 13.8 Å². The molecule has 0 aromatic carbocycles. The first kappa shape index (κ1) is 18.8. The molecule has 0 aliphatic rings. The Hall–Kier alpha value is -0.230. The summed E-state index contributed by atoms with van der Waals surface area (Å²) in [6, 6.07) is 0. The van der Waals surface area contributed by atoms with Gasteiger partial charge in [0.1, 0.15) is 5.60 Å². The molecule has 0 fully saturated rings. The van der Waals surface area contributed by atoms with Crippen LogP contribution in [0.5, 0.6) is 0 Å². The molecule has 0 aliphatic carbocycles. The zero-order valence-corrected chi connectivity index (χ0v) is 13.1. The van der Waals surface area contributed by atoms with Crippen molar-refractivity contribution in [1.82, 2.24) is 0 Å². The van der Waals surface area contributed by atoms with Crippen LogP contribution in [0, 0.1) is 0 Å². The summed E-state index contributed by atoms with van der Waals surface area (Å²) >= 11 is 0. The lowest BCUT2D eigenvalue weighted by Gasteiger charge is -2.42. The number of unbranched alkanes of at least 4 members (excludes halogenated alkanes) is 1. The lowest BCUT2D eigenvalue weighted by atomic mass is 10.1. The molecular formula is C14H29FO4. The highest BCUT2D eigenvalue weighted by molar-refractivity contribution is 4.82. The maximum absolute atomic E-state index is 13.2. The zero-order valence-electron chi connectivity index (χ0n) is 13.1. The predicted octanol–water partition coefficient (Wildman–Crippen LogP) is 3.99. The zero-order chi connectivity index (χ0) is 14.9. The highest BCUT2D eigenvalue weighted by Gasteiger charge is 2.53. The summed E-state index contributed by atoms with van der Waals surface area (Å²) < 4.78 is 29.9. The lowest BCUT2D eigenvalue weighted by Crippen LogP contribution is -2.57. The van der Waals surface area contributed by atoms with Crippen molar-refractivity contribution in [2.75, 3.05) is 13.2 Å². The maximum Gasteiger partial charge on any atom is 0.346 e. The van der Waals surface area contributed by atoms with Crippen molar-refractivity contribution in [2.24, 2.45) is 0 Å². The molecule has 1 atom stereocenters. The monoisotopic (exact) mass is 280 g/mol. The van der Waals surface area contributed by atoms with Crippen molar-refractivity contribution in [3.8, 4) is 0 Å². The summed E-state index contributed by atoms with van der Waals surface area (Å²) in [5, 5.41) is 0. The molecule has 0 aliphatic heterocycles. The fourth-order valence-electron chi connectivity index (χ4n) is 1.59. The van der Waals surface area contributed by atoms with Crippen molar-refractivity contribution in [2.45, 2.75) is 78.5 Å². The van der Waals surface area contributed by atoms with Crippen LogP contribution in [0.1, 0.15) is 60.8 Å². The van der Waals surface area contributed by atoms with Gasteiger partial charge in [-0.15, -0.1) is 4.94 Å². The molecule has 0 radical (unpaired) electrons. The minimum atomic E-state index is -1.83. The summed E-state index contributed by atoms with van der Waals surface area (Å²) in [6.07, 6.45) is 2.32. The van der Waals surface area contributed by atoms with E-state index in [-0.39, 0.29) is 6.10 Å². The first-order valence-corrected chi connectivity index (χ1v) is 7.10. The number of ether oxygens (including phenoxy) is 3. The van der Waals surface area contributed by atoms with Crippen LogP contribution in [-0.2, 0) is 19.2 Å². The molecule has 0 amide bonds. The van der Waals surface area contributed by atoms with Gasteiger partial charge in [-0.25, -0.2) is 0 Å². The van der Waals surface area contributed by atoms with Crippen LogP contribution >= 0.6 is 0 Å².